The summed E-state index contributed by atoms with van der Waals surface area (Å²) in [5, 5.41) is 12.7. The Morgan fingerprint density at radius 3 is 2.14 bits per heavy atom. The summed E-state index contributed by atoms with van der Waals surface area (Å²) in [5.74, 6) is 2.49. The predicted octanol–water partition coefficient (Wildman–Crippen LogP) is 7.42. The zero-order valence-electron chi connectivity index (χ0n) is 25.0. The number of anilines is 1. The zero-order valence-corrected chi connectivity index (χ0v) is 25.0. The van der Waals surface area contributed by atoms with Gasteiger partial charge in [0.1, 0.15) is 17.2 Å². The van der Waals surface area contributed by atoms with Crippen molar-refractivity contribution in [3.8, 4) is 17.2 Å². The maximum absolute atomic E-state index is 10.5. The number of hydrogen-bond acceptors (Lipinski definition) is 5. The number of hydrogen-bond donors (Lipinski definition) is 1. The molecule has 1 atom stereocenters. The Balaban J connectivity index is 1.44. The lowest BCUT2D eigenvalue weighted by atomic mass is 9.82. The number of fused-ring (bicyclic) bond motifs is 5. The summed E-state index contributed by atoms with van der Waals surface area (Å²) in [5.41, 5.74) is 6.95. The van der Waals surface area contributed by atoms with Crippen molar-refractivity contribution in [1.29, 1.82) is 0 Å². The molecule has 1 N–H and O–H groups in total. The Labute approximate surface area is 248 Å². The Kier molecular flexibility index (Phi) is 6.47. The molecule has 2 aliphatic heterocycles. The van der Waals surface area contributed by atoms with E-state index in [2.05, 4.69) is 79.4 Å². The van der Waals surface area contributed by atoms with Crippen LogP contribution in [0.15, 0.2) is 66.7 Å². The first-order chi connectivity index (χ1) is 20.4. The molecular formula is C37H39NO4. The summed E-state index contributed by atoms with van der Waals surface area (Å²) in [7, 11) is 3.44. The zero-order chi connectivity index (χ0) is 29.1. The Morgan fingerprint density at radius 2 is 1.50 bits per heavy atom. The summed E-state index contributed by atoms with van der Waals surface area (Å²) < 4.78 is 18.8. The molecule has 0 amide bonds. The summed E-state index contributed by atoms with van der Waals surface area (Å²) in [6.07, 6.45) is 8.67. The molecule has 0 radical (unpaired) electrons. The molecule has 0 spiro atoms. The van der Waals surface area contributed by atoms with Crippen molar-refractivity contribution in [2.45, 2.75) is 51.7 Å². The number of ether oxygens (including phenoxy) is 3. The van der Waals surface area contributed by atoms with E-state index in [4.69, 9.17) is 14.2 Å². The second-order valence-electron chi connectivity index (χ2n) is 12.7. The van der Waals surface area contributed by atoms with Crippen LogP contribution >= 0.6 is 0 Å². The van der Waals surface area contributed by atoms with Gasteiger partial charge in [0, 0.05) is 40.9 Å². The van der Waals surface area contributed by atoms with E-state index < -0.39 is 5.60 Å². The minimum Gasteiger partial charge on any atom is -0.497 e. The van der Waals surface area contributed by atoms with Gasteiger partial charge in [-0.1, -0.05) is 44.2 Å². The second kappa shape index (κ2) is 10.1. The van der Waals surface area contributed by atoms with Gasteiger partial charge in [-0.05, 0) is 95.6 Å². The molecule has 1 saturated heterocycles. The standard InChI is InChI=1S/C37H39NO4/c1-36(2)21-32-30-19-24(23-39)29-15-16-37(26-9-13-28(40-3)14-10-26,25-7-11-27(12-8-25)38-17-5-6-18-38)42-35(29)31(30)20-34(41-4)33(32)22-36/h7-16,19-20,39H,5-6,17-18,21-23H2,1-4H3. The molecule has 5 nitrogen and oxygen atoms in total. The molecule has 0 saturated carbocycles. The first-order valence-corrected chi connectivity index (χ1v) is 15.0. The van der Waals surface area contributed by atoms with Crippen molar-refractivity contribution in [2.24, 2.45) is 5.41 Å². The third-order valence-electron chi connectivity index (χ3n) is 9.44. The lowest BCUT2D eigenvalue weighted by Crippen LogP contribution is -2.34. The Bertz CT molecular complexity index is 1680. The molecule has 3 aliphatic rings. The molecular weight excluding hydrogens is 522 g/mol. The molecule has 7 rings (SSSR count). The van der Waals surface area contributed by atoms with E-state index >= 15 is 0 Å². The first-order valence-electron chi connectivity index (χ1n) is 15.0. The highest BCUT2D eigenvalue weighted by Gasteiger charge is 2.40. The van der Waals surface area contributed by atoms with E-state index in [9.17, 15) is 5.11 Å². The molecule has 216 valence electrons. The normalized spacial score (nSPS) is 20.4. The molecule has 4 aromatic rings. The Hall–Kier alpha value is -3.96. The van der Waals surface area contributed by atoms with Gasteiger partial charge >= 0.3 is 0 Å². The fourth-order valence-corrected chi connectivity index (χ4v) is 7.29. The van der Waals surface area contributed by atoms with Gasteiger partial charge in [-0.3, -0.25) is 0 Å². The number of aliphatic hydroxyl groups is 1. The van der Waals surface area contributed by atoms with Crippen LogP contribution in [-0.2, 0) is 25.0 Å². The van der Waals surface area contributed by atoms with Crippen molar-refractivity contribution >= 4 is 22.5 Å². The third kappa shape index (κ3) is 4.25. The molecule has 42 heavy (non-hydrogen) atoms. The highest BCUT2D eigenvalue weighted by atomic mass is 16.5. The predicted molar refractivity (Wildman–Crippen MR) is 169 cm³/mol. The monoisotopic (exact) mass is 561 g/mol. The molecule has 0 aromatic heterocycles. The molecule has 4 aromatic carbocycles. The van der Waals surface area contributed by atoms with Crippen LogP contribution in [0.3, 0.4) is 0 Å². The van der Waals surface area contributed by atoms with Crippen molar-refractivity contribution in [3.05, 3.63) is 100 Å². The molecule has 1 unspecified atom stereocenters. The summed E-state index contributed by atoms with van der Waals surface area (Å²) >= 11 is 0. The molecule has 1 fully saturated rings. The van der Waals surface area contributed by atoms with Crippen LogP contribution in [0.1, 0.15) is 60.1 Å². The van der Waals surface area contributed by atoms with Crippen LogP contribution in [0.2, 0.25) is 0 Å². The first kappa shape index (κ1) is 26.9. The maximum Gasteiger partial charge on any atom is 0.178 e. The van der Waals surface area contributed by atoms with Crippen LogP contribution in [0.25, 0.3) is 16.8 Å². The Morgan fingerprint density at radius 1 is 0.833 bits per heavy atom. The van der Waals surface area contributed by atoms with Crippen molar-refractivity contribution < 1.29 is 19.3 Å². The van der Waals surface area contributed by atoms with Crippen LogP contribution in [0.5, 0.6) is 17.2 Å². The maximum atomic E-state index is 10.5. The van der Waals surface area contributed by atoms with Crippen molar-refractivity contribution in [2.75, 3.05) is 32.2 Å². The average Bonchev–Trinajstić information content (AvgIpc) is 3.67. The highest BCUT2D eigenvalue weighted by Crippen LogP contribution is 2.51. The number of nitrogens with zero attached hydrogens (tertiary/aromatic N) is 1. The van der Waals surface area contributed by atoms with Crippen LogP contribution < -0.4 is 19.1 Å². The smallest absolute Gasteiger partial charge is 0.178 e. The van der Waals surface area contributed by atoms with E-state index in [-0.39, 0.29) is 12.0 Å². The van der Waals surface area contributed by atoms with Gasteiger partial charge < -0.3 is 24.2 Å². The van der Waals surface area contributed by atoms with Crippen LogP contribution in [-0.4, -0.2) is 32.4 Å². The minimum atomic E-state index is -0.866. The van der Waals surface area contributed by atoms with Gasteiger partial charge in [-0.25, -0.2) is 0 Å². The fraction of sp³-hybridized carbons (Fsp3) is 0.351. The molecule has 0 bridgehead atoms. The molecule has 1 aliphatic carbocycles. The van der Waals surface area contributed by atoms with Gasteiger partial charge in [-0.15, -0.1) is 0 Å². The van der Waals surface area contributed by atoms with E-state index in [0.717, 1.165) is 76.2 Å². The second-order valence-corrected chi connectivity index (χ2v) is 12.7. The summed E-state index contributed by atoms with van der Waals surface area (Å²) in [6, 6.07) is 21.3. The minimum absolute atomic E-state index is 0.0593. The molecule has 5 heteroatoms. The van der Waals surface area contributed by atoms with Crippen LogP contribution in [0, 0.1) is 5.41 Å². The lowest BCUT2D eigenvalue weighted by molar-refractivity contribution is 0.162. The average molecular weight is 562 g/mol. The van der Waals surface area contributed by atoms with E-state index in [1.54, 1.807) is 14.2 Å². The van der Waals surface area contributed by atoms with Crippen molar-refractivity contribution in [1.82, 2.24) is 0 Å². The topological polar surface area (TPSA) is 51.2 Å². The highest BCUT2D eigenvalue weighted by molar-refractivity contribution is 5.98. The van der Waals surface area contributed by atoms with Gasteiger partial charge in [0.05, 0.1) is 20.8 Å². The van der Waals surface area contributed by atoms with E-state index in [0.29, 0.717) is 0 Å². The quantitative estimate of drug-likeness (QED) is 0.265. The number of methoxy groups -OCH3 is 2. The van der Waals surface area contributed by atoms with Gasteiger partial charge in [-0.2, -0.15) is 0 Å². The molecule has 2 heterocycles. The lowest BCUT2D eigenvalue weighted by Gasteiger charge is -2.37. The number of benzene rings is 4. The SMILES string of the molecule is COc1ccc(C2(c3ccc(N4CCCC4)cc3)C=Cc3c(CO)cc4c5c(c(OC)cc4c3O2)CC(C)(C)C5)cc1. The number of aliphatic hydroxyl groups excluding tert-OH is 1. The summed E-state index contributed by atoms with van der Waals surface area (Å²) in [4.78, 5) is 2.45. The van der Waals surface area contributed by atoms with E-state index in [1.807, 2.05) is 12.1 Å². The van der Waals surface area contributed by atoms with Gasteiger partial charge in [0.15, 0.2) is 5.60 Å². The van der Waals surface area contributed by atoms with Gasteiger partial charge in [0.25, 0.3) is 0 Å². The van der Waals surface area contributed by atoms with Crippen molar-refractivity contribution in [3.63, 3.8) is 0 Å². The largest absolute Gasteiger partial charge is 0.497 e. The fourth-order valence-electron chi connectivity index (χ4n) is 7.29. The van der Waals surface area contributed by atoms with Gasteiger partial charge in [0.2, 0.25) is 0 Å². The van der Waals surface area contributed by atoms with E-state index in [1.165, 1.54) is 29.7 Å². The summed E-state index contributed by atoms with van der Waals surface area (Å²) in [6.45, 7) is 6.76. The van der Waals surface area contributed by atoms with Crippen LogP contribution in [0.4, 0.5) is 5.69 Å². The number of rotatable bonds is 6. The third-order valence-corrected chi connectivity index (χ3v) is 9.44.